The number of thiophene rings is 1. The Kier molecular flexibility index (Phi) is 5.62. The van der Waals surface area contributed by atoms with Crippen molar-refractivity contribution in [1.82, 2.24) is 14.8 Å². The molecular formula is C17H15FN4OS2. The molecule has 1 N–H and O–H groups in total. The van der Waals surface area contributed by atoms with E-state index >= 15 is 0 Å². The van der Waals surface area contributed by atoms with Gasteiger partial charge in [0.25, 0.3) is 0 Å². The Labute approximate surface area is 152 Å². The monoisotopic (exact) mass is 374 g/mol. The first-order valence-electron chi connectivity index (χ1n) is 7.44. The molecule has 2 heterocycles. The number of nitrogens with zero attached hydrogens (tertiary/aromatic N) is 3. The largest absolute Gasteiger partial charge is 0.323 e. The van der Waals surface area contributed by atoms with Crippen LogP contribution in [0.15, 0.2) is 59.6 Å². The van der Waals surface area contributed by atoms with Gasteiger partial charge in [0.2, 0.25) is 5.91 Å². The minimum absolute atomic E-state index is 0.105. The molecule has 1 amide bonds. The maximum absolute atomic E-state index is 13.6. The predicted octanol–water partition coefficient (Wildman–Crippen LogP) is 4.06. The molecule has 0 spiro atoms. The smallest absolute Gasteiger partial charge is 0.234 e. The molecule has 0 aliphatic carbocycles. The molecule has 0 unspecified atom stereocenters. The van der Waals surface area contributed by atoms with E-state index in [9.17, 15) is 9.18 Å². The molecule has 0 bridgehead atoms. The van der Waals surface area contributed by atoms with Gasteiger partial charge >= 0.3 is 0 Å². The van der Waals surface area contributed by atoms with Crippen molar-refractivity contribution in [3.63, 3.8) is 0 Å². The zero-order chi connectivity index (χ0) is 17.6. The third-order valence-corrected chi connectivity index (χ3v) is 5.08. The van der Waals surface area contributed by atoms with Crippen molar-refractivity contribution in [2.75, 3.05) is 11.1 Å². The van der Waals surface area contributed by atoms with Crippen molar-refractivity contribution in [3.05, 3.63) is 60.3 Å². The Hall–Kier alpha value is -2.45. The Balaban J connectivity index is 1.69. The summed E-state index contributed by atoms with van der Waals surface area (Å²) >= 11 is 2.82. The number of para-hydroxylation sites is 1. The van der Waals surface area contributed by atoms with Gasteiger partial charge in [0.05, 0.1) is 16.3 Å². The fraction of sp³-hybridized carbons (Fsp3) is 0.118. The summed E-state index contributed by atoms with van der Waals surface area (Å²) in [5.74, 6) is 0.0807. The lowest BCUT2D eigenvalue weighted by Gasteiger charge is -2.07. The Morgan fingerprint density at radius 2 is 2.16 bits per heavy atom. The number of aromatic nitrogens is 3. The first-order valence-corrected chi connectivity index (χ1v) is 9.30. The van der Waals surface area contributed by atoms with E-state index in [-0.39, 0.29) is 17.3 Å². The molecular weight excluding hydrogens is 359 g/mol. The molecule has 0 saturated carbocycles. The lowest BCUT2D eigenvalue weighted by Crippen LogP contribution is -2.15. The Morgan fingerprint density at radius 3 is 2.88 bits per heavy atom. The maximum atomic E-state index is 13.6. The topological polar surface area (TPSA) is 59.8 Å². The van der Waals surface area contributed by atoms with Crippen LogP contribution in [0.5, 0.6) is 0 Å². The molecule has 3 aromatic rings. The van der Waals surface area contributed by atoms with E-state index < -0.39 is 5.82 Å². The first kappa shape index (κ1) is 17.4. The van der Waals surface area contributed by atoms with Crippen molar-refractivity contribution in [2.24, 2.45) is 0 Å². The van der Waals surface area contributed by atoms with Crippen LogP contribution in [-0.4, -0.2) is 26.4 Å². The van der Waals surface area contributed by atoms with Crippen LogP contribution in [0.1, 0.15) is 0 Å². The number of carbonyl (C=O) groups excluding carboxylic acids is 1. The van der Waals surface area contributed by atoms with Gasteiger partial charge in [-0.15, -0.1) is 28.1 Å². The molecule has 25 heavy (non-hydrogen) atoms. The van der Waals surface area contributed by atoms with Gasteiger partial charge in [-0.2, -0.15) is 0 Å². The highest BCUT2D eigenvalue weighted by Gasteiger charge is 2.16. The van der Waals surface area contributed by atoms with Crippen LogP contribution >= 0.6 is 23.1 Å². The van der Waals surface area contributed by atoms with Crippen molar-refractivity contribution >= 4 is 34.7 Å². The highest BCUT2D eigenvalue weighted by atomic mass is 32.2. The van der Waals surface area contributed by atoms with Crippen LogP contribution in [0.2, 0.25) is 0 Å². The van der Waals surface area contributed by atoms with Crippen molar-refractivity contribution in [1.29, 1.82) is 0 Å². The van der Waals surface area contributed by atoms with Gasteiger partial charge in [-0.05, 0) is 23.6 Å². The van der Waals surface area contributed by atoms with Gasteiger partial charge in [-0.1, -0.05) is 36.0 Å². The van der Waals surface area contributed by atoms with Crippen LogP contribution in [-0.2, 0) is 11.3 Å². The maximum Gasteiger partial charge on any atom is 0.234 e. The molecule has 1 aromatic carbocycles. The normalized spacial score (nSPS) is 10.6. The van der Waals surface area contributed by atoms with Crippen molar-refractivity contribution in [3.8, 4) is 10.7 Å². The molecule has 0 atom stereocenters. The fourth-order valence-corrected chi connectivity index (χ4v) is 3.62. The Bertz CT molecular complexity index is 877. The molecule has 0 saturated heterocycles. The van der Waals surface area contributed by atoms with Gasteiger partial charge in [-0.3, -0.25) is 9.36 Å². The van der Waals surface area contributed by atoms with Crippen molar-refractivity contribution in [2.45, 2.75) is 11.7 Å². The number of carbonyl (C=O) groups is 1. The van der Waals surface area contributed by atoms with Crippen LogP contribution in [0.3, 0.4) is 0 Å². The summed E-state index contributed by atoms with van der Waals surface area (Å²) in [7, 11) is 0. The van der Waals surface area contributed by atoms with E-state index in [2.05, 4.69) is 22.1 Å². The van der Waals surface area contributed by atoms with Crippen molar-refractivity contribution < 1.29 is 9.18 Å². The molecule has 0 aliphatic heterocycles. The minimum atomic E-state index is -0.462. The number of rotatable bonds is 7. The van der Waals surface area contributed by atoms with Crippen LogP contribution in [0, 0.1) is 5.82 Å². The highest BCUT2D eigenvalue weighted by molar-refractivity contribution is 7.99. The molecule has 128 valence electrons. The summed E-state index contributed by atoms with van der Waals surface area (Å²) in [6.07, 6.45) is 1.75. The lowest BCUT2D eigenvalue weighted by molar-refractivity contribution is -0.113. The van der Waals surface area contributed by atoms with Crippen LogP contribution in [0.4, 0.5) is 10.1 Å². The zero-order valence-electron chi connectivity index (χ0n) is 13.2. The van der Waals surface area contributed by atoms with E-state index in [0.29, 0.717) is 11.7 Å². The molecule has 0 fully saturated rings. The van der Waals surface area contributed by atoms with Gasteiger partial charge in [-0.25, -0.2) is 4.39 Å². The number of anilines is 1. The highest BCUT2D eigenvalue weighted by Crippen LogP contribution is 2.27. The summed E-state index contributed by atoms with van der Waals surface area (Å²) in [4.78, 5) is 13.1. The average molecular weight is 374 g/mol. The third-order valence-electron chi connectivity index (χ3n) is 3.25. The number of amides is 1. The second kappa shape index (κ2) is 8.09. The molecule has 0 aliphatic rings. The number of halogens is 1. The molecule has 8 heteroatoms. The minimum Gasteiger partial charge on any atom is -0.323 e. The first-order chi connectivity index (χ1) is 12.2. The summed E-state index contributed by atoms with van der Waals surface area (Å²) in [5, 5.41) is 13.5. The fourth-order valence-electron chi connectivity index (χ4n) is 2.16. The van der Waals surface area contributed by atoms with Crippen LogP contribution in [0.25, 0.3) is 10.7 Å². The van der Waals surface area contributed by atoms with Gasteiger partial charge in [0.15, 0.2) is 11.0 Å². The van der Waals surface area contributed by atoms with Crippen LogP contribution < -0.4 is 5.32 Å². The van der Waals surface area contributed by atoms with Gasteiger partial charge < -0.3 is 5.32 Å². The number of nitrogens with one attached hydrogen (secondary N) is 1. The molecule has 5 nitrogen and oxygen atoms in total. The van der Waals surface area contributed by atoms with Gasteiger partial charge in [0, 0.05) is 6.54 Å². The number of allylic oxidation sites excluding steroid dienone is 1. The summed E-state index contributed by atoms with van der Waals surface area (Å²) < 4.78 is 15.5. The SMILES string of the molecule is C=CCn1c(SCC(=O)Nc2ccccc2F)nnc1-c1cccs1. The van der Waals surface area contributed by atoms with E-state index in [1.807, 2.05) is 22.1 Å². The lowest BCUT2D eigenvalue weighted by atomic mass is 10.3. The second-order valence-electron chi connectivity index (χ2n) is 5.00. The molecule has 3 rings (SSSR count). The molecule has 0 radical (unpaired) electrons. The second-order valence-corrected chi connectivity index (χ2v) is 6.89. The quantitative estimate of drug-likeness (QED) is 0.500. The summed E-state index contributed by atoms with van der Waals surface area (Å²) in [6.45, 7) is 4.30. The van der Waals surface area contributed by atoms with E-state index in [0.717, 1.165) is 10.7 Å². The predicted molar refractivity (Wildman–Crippen MR) is 99.3 cm³/mol. The number of benzene rings is 1. The average Bonchev–Trinajstić information content (AvgIpc) is 3.25. The standard InChI is InChI=1S/C17H15FN4OS2/c1-2-9-22-16(14-8-5-10-24-14)20-21-17(22)25-11-15(23)19-13-7-4-3-6-12(13)18/h2-8,10H,1,9,11H2,(H,19,23). The third kappa shape index (κ3) is 4.15. The number of thioether (sulfide) groups is 1. The Morgan fingerprint density at radius 1 is 1.32 bits per heavy atom. The van der Waals surface area contributed by atoms with E-state index in [4.69, 9.17) is 0 Å². The van der Waals surface area contributed by atoms with Gasteiger partial charge in [0.1, 0.15) is 5.82 Å². The van der Waals surface area contributed by atoms with E-state index in [1.165, 1.54) is 23.9 Å². The zero-order valence-corrected chi connectivity index (χ0v) is 14.8. The summed E-state index contributed by atoms with van der Waals surface area (Å²) in [5.41, 5.74) is 0.167. The number of hydrogen-bond donors (Lipinski definition) is 1. The number of hydrogen-bond acceptors (Lipinski definition) is 5. The van der Waals surface area contributed by atoms with E-state index in [1.54, 1.807) is 29.5 Å². The molecule has 2 aromatic heterocycles. The summed E-state index contributed by atoms with van der Waals surface area (Å²) in [6, 6.07) is 9.97.